The summed E-state index contributed by atoms with van der Waals surface area (Å²) in [6.07, 6.45) is 4.89. The van der Waals surface area contributed by atoms with E-state index >= 15 is 0 Å². The number of hydrogen-bond acceptors (Lipinski definition) is 3. The molecule has 1 aromatic heterocycles. The van der Waals surface area contributed by atoms with Crippen LogP contribution in [0, 0.1) is 23.5 Å². The lowest BCUT2D eigenvalue weighted by Crippen LogP contribution is -1.95. The van der Waals surface area contributed by atoms with E-state index in [0.29, 0.717) is 23.6 Å². The van der Waals surface area contributed by atoms with Gasteiger partial charge in [0.05, 0.1) is 12.4 Å². The predicted molar refractivity (Wildman–Crippen MR) is 113 cm³/mol. The molecule has 3 nitrogen and oxygen atoms in total. The predicted octanol–water partition coefficient (Wildman–Crippen LogP) is 5.54. The van der Waals surface area contributed by atoms with Crippen LogP contribution in [0.15, 0.2) is 79.6 Å². The smallest absolute Gasteiger partial charge is 0.166 e. The summed E-state index contributed by atoms with van der Waals surface area (Å²) in [6.45, 7) is 4.00. The van der Waals surface area contributed by atoms with Gasteiger partial charge in [0.2, 0.25) is 0 Å². The van der Waals surface area contributed by atoms with E-state index in [9.17, 15) is 8.78 Å². The van der Waals surface area contributed by atoms with Gasteiger partial charge in [-0.05, 0) is 47.9 Å². The molecule has 0 N–H and O–H groups in total. The lowest BCUT2D eigenvalue weighted by molar-refractivity contribution is 0.360. The summed E-state index contributed by atoms with van der Waals surface area (Å²) in [5, 5.41) is 0.847. The Bertz CT molecular complexity index is 1270. The number of nitrogens with zero attached hydrogens (tertiary/aromatic N) is 2. The Hall–Kier alpha value is -4.04. The van der Waals surface area contributed by atoms with Crippen LogP contribution in [0.3, 0.4) is 0 Å². The van der Waals surface area contributed by atoms with Crippen LogP contribution in [0.4, 0.5) is 8.78 Å². The number of ether oxygens (including phenoxy) is 1. The second kappa shape index (κ2) is 8.54. The van der Waals surface area contributed by atoms with E-state index in [0.717, 1.165) is 22.8 Å². The minimum absolute atomic E-state index is 0.241. The van der Waals surface area contributed by atoms with Gasteiger partial charge in [0.15, 0.2) is 23.2 Å². The Labute approximate surface area is 172 Å². The first kappa shape index (κ1) is 19.3. The topological polar surface area (TPSA) is 35.0 Å². The molecule has 4 aromatic rings. The maximum absolute atomic E-state index is 13.8. The summed E-state index contributed by atoms with van der Waals surface area (Å²) in [4.78, 5) is 8.61. The van der Waals surface area contributed by atoms with Crippen LogP contribution in [0.2, 0.25) is 0 Å². The summed E-state index contributed by atoms with van der Waals surface area (Å²) in [7, 11) is 0. The maximum atomic E-state index is 13.8. The lowest BCUT2D eigenvalue weighted by Gasteiger charge is -2.04. The fourth-order valence-corrected chi connectivity index (χ4v) is 2.88. The van der Waals surface area contributed by atoms with Crippen molar-refractivity contribution in [3.63, 3.8) is 0 Å². The second-order valence-corrected chi connectivity index (χ2v) is 6.47. The number of halogens is 2. The molecule has 0 bridgehead atoms. The quantitative estimate of drug-likeness (QED) is 0.334. The molecule has 1 heterocycles. The van der Waals surface area contributed by atoms with E-state index in [1.54, 1.807) is 42.7 Å². The molecule has 0 spiro atoms. The summed E-state index contributed by atoms with van der Waals surface area (Å²) in [6, 6.07) is 15.2. The van der Waals surface area contributed by atoms with Gasteiger partial charge in [-0.3, -0.25) is 0 Å². The molecule has 3 aromatic carbocycles. The van der Waals surface area contributed by atoms with Crippen LogP contribution in [0.25, 0.3) is 22.2 Å². The standard InChI is InChI=1S/C25H16F2N2O/c1-2-13-30-21-15-28-25(29-16-21)19-8-5-17(6-9-19)3-4-18-7-11-22-20(14-18)10-12-23(26)24(22)27/h2,5-12,14-16H,1,13H2. The SMILES string of the molecule is C=CCOc1cnc(-c2ccc(C#Cc3ccc4c(F)c(F)ccc4c3)cc2)nc1. The monoisotopic (exact) mass is 398 g/mol. The van der Waals surface area contributed by atoms with Gasteiger partial charge in [-0.1, -0.05) is 36.6 Å². The molecule has 0 saturated heterocycles. The molecule has 30 heavy (non-hydrogen) atoms. The lowest BCUT2D eigenvalue weighted by atomic mass is 10.1. The third-order valence-corrected chi connectivity index (χ3v) is 4.40. The molecule has 0 atom stereocenters. The van der Waals surface area contributed by atoms with Crippen molar-refractivity contribution >= 4 is 10.8 Å². The van der Waals surface area contributed by atoms with E-state index in [2.05, 4.69) is 28.4 Å². The van der Waals surface area contributed by atoms with Crippen molar-refractivity contribution in [3.8, 4) is 29.0 Å². The minimum Gasteiger partial charge on any atom is -0.486 e. The van der Waals surface area contributed by atoms with Crippen molar-refractivity contribution in [2.24, 2.45) is 0 Å². The van der Waals surface area contributed by atoms with Crippen molar-refractivity contribution in [2.75, 3.05) is 6.61 Å². The van der Waals surface area contributed by atoms with Crippen molar-refractivity contribution in [3.05, 3.63) is 102 Å². The summed E-state index contributed by atoms with van der Waals surface area (Å²) >= 11 is 0. The van der Waals surface area contributed by atoms with E-state index in [1.165, 1.54) is 0 Å². The fourth-order valence-electron chi connectivity index (χ4n) is 2.88. The Balaban J connectivity index is 1.52. The molecule has 5 heteroatoms. The molecule has 0 aliphatic rings. The maximum Gasteiger partial charge on any atom is 0.166 e. The zero-order chi connectivity index (χ0) is 20.9. The normalized spacial score (nSPS) is 10.3. The van der Waals surface area contributed by atoms with E-state index < -0.39 is 11.6 Å². The molecule has 0 aliphatic heterocycles. The molecule has 0 radical (unpaired) electrons. The van der Waals surface area contributed by atoms with Crippen molar-refractivity contribution < 1.29 is 13.5 Å². The van der Waals surface area contributed by atoms with Gasteiger partial charge in [0.1, 0.15) is 6.61 Å². The number of aromatic nitrogens is 2. The Morgan fingerprint density at radius 1 is 0.900 bits per heavy atom. The largest absolute Gasteiger partial charge is 0.486 e. The van der Waals surface area contributed by atoms with Crippen molar-refractivity contribution in [1.82, 2.24) is 9.97 Å². The molecule has 0 amide bonds. The molecule has 0 aliphatic carbocycles. The Morgan fingerprint density at radius 2 is 1.60 bits per heavy atom. The van der Waals surface area contributed by atoms with Gasteiger partial charge < -0.3 is 4.74 Å². The highest BCUT2D eigenvalue weighted by atomic mass is 19.2. The third kappa shape index (κ3) is 4.18. The average Bonchev–Trinajstić information content (AvgIpc) is 2.79. The Kier molecular flexibility index (Phi) is 5.49. The molecular formula is C25H16F2N2O. The van der Waals surface area contributed by atoms with Gasteiger partial charge in [-0.25, -0.2) is 18.7 Å². The van der Waals surface area contributed by atoms with E-state index in [4.69, 9.17) is 4.74 Å². The van der Waals surface area contributed by atoms with Crippen LogP contribution in [-0.4, -0.2) is 16.6 Å². The first-order valence-electron chi connectivity index (χ1n) is 9.20. The number of benzene rings is 3. The van der Waals surface area contributed by atoms with Crippen LogP contribution in [0.1, 0.15) is 11.1 Å². The average molecular weight is 398 g/mol. The molecule has 4 rings (SSSR count). The van der Waals surface area contributed by atoms with Gasteiger partial charge >= 0.3 is 0 Å². The van der Waals surface area contributed by atoms with Gasteiger partial charge in [0.25, 0.3) is 0 Å². The summed E-state index contributed by atoms with van der Waals surface area (Å²) < 4.78 is 32.5. The van der Waals surface area contributed by atoms with E-state index in [-0.39, 0.29) is 5.39 Å². The number of rotatable bonds is 4. The molecular weight excluding hydrogens is 382 g/mol. The van der Waals surface area contributed by atoms with Crippen molar-refractivity contribution in [1.29, 1.82) is 0 Å². The highest BCUT2D eigenvalue weighted by molar-refractivity contribution is 5.84. The number of fused-ring (bicyclic) bond motifs is 1. The molecule has 146 valence electrons. The molecule has 0 saturated carbocycles. The van der Waals surface area contributed by atoms with Gasteiger partial charge in [0, 0.05) is 22.1 Å². The van der Waals surface area contributed by atoms with Crippen LogP contribution >= 0.6 is 0 Å². The van der Waals surface area contributed by atoms with Crippen LogP contribution in [0.5, 0.6) is 5.75 Å². The number of hydrogen-bond donors (Lipinski definition) is 0. The molecule has 0 fully saturated rings. The van der Waals surface area contributed by atoms with E-state index in [1.807, 2.05) is 24.3 Å². The van der Waals surface area contributed by atoms with Crippen molar-refractivity contribution in [2.45, 2.75) is 0 Å². The zero-order valence-electron chi connectivity index (χ0n) is 15.9. The fraction of sp³-hybridized carbons (Fsp3) is 0.0400. The first-order chi connectivity index (χ1) is 14.6. The van der Waals surface area contributed by atoms with Crippen LogP contribution < -0.4 is 4.74 Å². The van der Waals surface area contributed by atoms with Gasteiger partial charge in [-0.15, -0.1) is 0 Å². The second-order valence-electron chi connectivity index (χ2n) is 6.47. The molecule has 0 unspecified atom stereocenters. The summed E-state index contributed by atoms with van der Waals surface area (Å²) in [5.74, 6) is 5.60. The highest BCUT2D eigenvalue weighted by Crippen LogP contribution is 2.21. The Morgan fingerprint density at radius 3 is 2.33 bits per heavy atom. The van der Waals surface area contributed by atoms with Gasteiger partial charge in [-0.2, -0.15) is 0 Å². The highest BCUT2D eigenvalue weighted by Gasteiger charge is 2.06. The summed E-state index contributed by atoms with van der Waals surface area (Å²) in [5.41, 5.74) is 2.39. The van der Waals surface area contributed by atoms with Crippen LogP contribution in [-0.2, 0) is 0 Å². The minimum atomic E-state index is -0.857. The third-order valence-electron chi connectivity index (χ3n) is 4.40. The zero-order valence-corrected chi connectivity index (χ0v) is 15.9. The first-order valence-corrected chi connectivity index (χ1v) is 9.20.